The van der Waals surface area contributed by atoms with Crippen molar-refractivity contribution in [1.82, 2.24) is 10.3 Å². The van der Waals surface area contributed by atoms with Gasteiger partial charge < -0.3 is 10.1 Å². The number of hydrogen-bond donors (Lipinski definition) is 1. The number of aliphatic imine (C=N–C) groups is 1. The zero-order valence-corrected chi connectivity index (χ0v) is 24.3. The molecule has 0 radical (unpaired) electrons. The molecule has 2 aliphatic heterocycles. The largest absolute Gasteiger partial charge is 0.489 e. The Labute approximate surface area is 242 Å². The molecule has 1 aliphatic carbocycles. The van der Waals surface area contributed by atoms with Crippen molar-refractivity contribution < 1.29 is 9.53 Å². The highest BCUT2D eigenvalue weighted by Crippen LogP contribution is 2.41. The highest BCUT2D eigenvalue weighted by atomic mass is 16.5. The van der Waals surface area contributed by atoms with Crippen LogP contribution in [0.1, 0.15) is 61.8 Å². The average Bonchev–Trinajstić information content (AvgIpc) is 3.68. The van der Waals surface area contributed by atoms with Crippen LogP contribution >= 0.6 is 0 Å². The predicted octanol–water partition coefficient (Wildman–Crippen LogP) is 6.99. The third kappa shape index (κ3) is 5.71. The van der Waals surface area contributed by atoms with Crippen LogP contribution in [0, 0.1) is 12.8 Å². The molecule has 2 heterocycles. The molecule has 1 N–H and O–H groups in total. The SMILES string of the molecule is Cc1cc2c(cc1OCc1ccccc1)C(C1CCCC1)=NN(C(C)C)C(=O)N2c1ccc(CC2=NCCN2)cc1. The summed E-state index contributed by atoms with van der Waals surface area (Å²) in [6, 6.07) is 22.5. The third-order valence-corrected chi connectivity index (χ3v) is 8.19. The smallest absolute Gasteiger partial charge is 0.349 e. The molecule has 0 aromatic heterocycles. The first-order valence-corrected chi connectivity index (χ1v) is 14.9. The van der Waals surface area contributed by atoms with Crippen molar-refractivity contribution >= 4 is 29.0 Å². The number of nitrogens with zero attached hydrogens (tertiary/aromatic N) is 4. The molecule has 3 aromatic rings. The maximum absolute atomic E-state index is 14.3. The number of hydrazone groups is 1. The van der Waals surface area contributed by atoms with Crippen LogP contribution in [0.5, 0.6) is 5.75 Å². The highest BCUT2D eigenvalue weighted by Gasteiger charge is 2.36. The van der Waals surface area contributed by atoms with E-state index in [2.05, 4.69) is 53.6 Å². The molecular weight excluding hydrogens is 510 g/mol. The first-order valence-electron chi connectivity index (χ1n) is 14.9. The molecule has 0 atom stereocenters. The Morgan fingerprint density at radius 3 is 2.44 bits per heavy atom. The van der Waals surface area contributed by atoms with Gasteiger partial charge in [0.05, 0.1) is 29.7 Å². The summed E-state index contributed by atoms with van der Waals surface area (Å²) in [5.41, 5.74) is 6.93. The van der Waals surface area contributed by atoms with E-state index in [1.54, 1.807) is 5.01 Å². The minimum Gasteiger partial charge on any atom is -0.489 e. The Morgan fingerprint density at radius 2 is 1.76 bits per heavy atom. The van der Waals surface area contributed by atoms with E-state index in [9.17, 15) is 4.79 Å². The minimum atomic E-state index is -0.138. The summed E-state index contributed by atoms with van der Waals surface area (Å²) in [5, 5.41) is 10.1. The Hall–Kier alpha value is -4.13. The Morgan fingerprint density at radius 1 is 1.00 bits per heavy atom. The number of ether oxygens (including phenoxy) is 1. The van der Waals surface area contributed by atoms with E-state index in [0.29, 0.717) is 12.5 Å². The van der Waals surface area contributed by atoms with E-state index in [-0.39, 0.29) is 12.1 Å². The van der Waals surface area contributed by atoms with Gasteiger partial charge in [-0.2, -0.15) is 5.10 Å². The first kappa shape index (κ1) is 27.1. The van der Waals surface area contributed by atoms with Gasteiger partial charge in [0, 0.05) is 24.4 Å². The van der Waals surface area contributed by atoms with Crippen LogP contribution in [0.25, 0.3) is 0 Å². The van der Waals surface area contributed by atoms with Gasteiger partial charge in [0.1, 0.15) is 18.2 Å². The summed E-state index contributed by atoms with van der Waals surface area (Å²) in [5.74, 6) is 2.16. The second-order valence-electron chi connectivity index (χ2n) is 11.5. The molecule has 212 valence electrons. The molecule has 41 heavy (non-hydrogen) atoms. The number of carbonyl (C=O) groups excluding carboxylic acids is 1. The van der Waals surface area contributed by atoms with Gasteiger partial charge in [-0.05, 0) is 74.6 Å². The van der Waals surface area contributed by atoms with Crippen LogP contribution in [0.2, 0.25) is 0 Å². The molecule has 7 heteroatoms. The Balaban J connectivity index is 1.42. The van der Waals surface area contributed by atoms with Gasteiger partial charge in [-0.15, -0.1) is 0 Å². The van der Waals surface area contributed by atoms with Crippen molar-refractivity contribution in [3.8, 4) is 5.75 Å². The van der Waals surface area contributed by atoms with Crippen molar-refractivity contribution in [2.45, 2.75) is 65.5 Å². The number of carbonyl (C=O) groups is 1. The number of urea groups is 1. The van der Waals surface area contributed by atoms with E-state index in [1.807, 2.05) is 49.1 Å². The molecule has 7 nitrogen and oxygen atoms in total. The monoisotopic (exact) mass is 549 g/mol. The summed E-state index contributed by atoms with van der Waals surface area (Å²) in [4.78, 5) is 20.6. The lowest BCUT2D eigenvalue weighted by molar-refractivity contribution is 0.196. The molecule has 6 rings (SSSR count). The molecule has 1 fully saturated rings. The van der Waals surface area contributed by atoms with Crippen molar-refractivity contribution in [3.63, 3.8) is 0 Å². The average molecular weight is 550 g/mol. The number of anilines is 2. The number of amidine groups is 1. The summed E-state index contributed by atoms with van der Waals surface area (Å²) >= 11 is 0. The van der Waals surface area contributed by atoms with E-state index in [0.717, 1.165) is 83.3 Å². The molecule has 3 aliphatic rings. The van der Waals surface area contributed by atoms with Gasteiger partial charge in [-0.1, -0.05) is 55.3 Å². The van der Waals surface area contributed by atoms with Crippen LogP contribution in [-0.4, -0.2) is 41.7 Å². The minimum absolute atomic E-state index is 0.0867. The zero-order valence-electron chi connectivity index (χ0n) is 24.3. The molecule has 0 unspecified atom stereocenters. The number of nitrogens with one attached hydrogen (secondary N) is 1. The maximum atomic E-state index is 14.3. The lowest BCUT2D eigenvalue weighted by atomic mass is 9.92. The highest BCUT2D eigenvalue weighted by molar-refractivity contribution is 6.14. The third-order valence-electron chi connectivity index (χ3n) is 8.19. The molecule has 0 bridgehead atoms. The summed E-state index contributed by atoms with van der Waals surface area (Å²) in [6.07, 6.45) is 5.30. The second-order valence-corrected chi connectivity index (χ2v) is 11.5. The lowest BCUT2D eigenvalue weighted by Gasteiger charge is -2.29. The topological polar surface area (TPSA) is 69.5 Å². The number of amides is 2. The molecule has 2 amide bonds. The Bertz CT molecular complexity index is 1460. The van der Waals surface area contributed by atoms with Gasteiger partial charge in [-0.3, -0.25) is 9.89 Å². The number of fused-ring (bicyclic) bond motifs is 1. The van der Waals surface area contributed by atoms with Crippen LogP contribution in [0.15, 0.2) is 76.8 Å². The summed E-state index contributed by atoms with van der Waals surface area (Å²) in [7, 11) is 0. The number of rotatable bonds is 8. The van der Waals surface area contributed by atoms with Crippen LogP contribution in [0.4, 0.5) is 16.2 Å². The van der Waals surface area contributed by atoms with Crippen LogP contribution in [-0.2, 0) is 13.0 Å². The van der Waals surface area contributed by atoms with Gasteiger partial charge in [-0.25, -0.2) is 9.80 Å². The van der Waals surface area contributed by atoms with Gasteiger partial charge in [0.2, 0.25) is 0 Å². The molecule has 1 saturated carbocycles. The van der Waals surface area contributed by atoms with Gasteiger partial charge in [0.15, 0.2) is 0 Å². The first-order chi connectivity index (χ1) is 20.0. The number of hydrogen-bond acceptors (Lipinski definition) is 5. The van der Waals surface area contributed by atoms with E-state index in [4.69, 9.17) is 9.84 Å². The van der Waals surface area contributed by atoms with Crippen LogP contribution in [0.3, 0.4) is 0 Å². The fourth-order valence-electron chi connectivity index (χ4n) is 5.98. The Kier molecular flexibility index (Phi) is 7.77. The molecule has 0 saturated heterocycles. The zero-order chi connectivity index (χ0) is 28.3. The summed E-state index contributed by atoms with van der Waals surface area (Å²) < 4.78 is 6.37. The predicted molar refractivity (Wildman–Crippen MR) is 165 cm³/mol. The van der Waals surface area contributed by atoms with E-state index in [1.165, 1.54) is 12.8 Å². The number of benzene rings is 3. The van der Waals surface area contributed by atoms with Gasteiger partial charge >= 0.3 is 6.03 Å². The van der Waals surface area contributed by atoms with E-state index >= 15 is 0 Å². The van der Waals surface area contributed by atoms with E-state index < -0.39 is 0 Å². The normalized spacial score (nSPS) is 17.3. The van der Waals surface area contributed by atoms with Crippen molar-refractivity contribution in [3.05, 3.63) is 89.0 Å². The van der Waals surface area contributed by atoms with Crippen molar-refractivity contribution in [1.29, 1.82) is 0 Å². The molecular formula is C34H39N5O2. The van der Waals surface area contributed by atoms with Crippen molar-refractivity contribution in [2.75, 3.05) is 18.0 Å². The fourth-order valence-corrected chi connectivity index (χ4v) is 5.98. The number of aryl methyl sites for hydroxylation is 1. The maximum Gasteiger partial charge on any atom is 0.349 e. The standard InChI is InChI=1S/C34H39N5O2/c1-23(2)39-34(40)38(28-15-13-25(14-16-28)20-32-35-17-18-36-32)30-19-24(3)31(41-22-26-9-5-4-6-10-26)21-29(30)33(37-39)27-11-7-8-12-27/h4-6,9-10,13-16,19,21,23,27H,7-8,11-12,17-18,20,22H2,1-3H3,(H,35,36). The summed E-state index contributed by atoms with van der Waals surface area (Å²) in [6.45, 7) is 8.33. The molecule has 0 spiro atoms. The lowest BCUT2D eigenvalue weighted by Crippen LogP contribution is -2.41. The van der Waals surface area contributed by atoms with Crippen LogP contribution < -0.4 is 15.0 Å². The second kappa shape index (κ2) is 11.8. The molecule has 3 aromatic carbocycles. The van der Waals surface area contributed by atoms with Gasteiger partial charge in [0.25, 0.3) is 0 Å². The quantitative estimate of drug-likeness (QED) is 0.329. The fraction of sp³-hybridized carbons (Fsp3) is 0.382. The van der Waals surface area contributed by atoms with Crippen molar-refractivity contribution in [2.24, 2.45) is 16.0 Å².